The average molecular weight is 479 g/mol. The van der Waals surface area contributed by atoms with Crippen LogP contribution in [0.25, 0.3) is 0 Å². The number of likely N-dealkylation sites (tertiary alicyclic amines) is 1. The number of hydrogen-bond donors (Lipinski definition) is 2. The summed E-state index contributed by atoms with van der Waals surface area (Å²) in [7, 11) is 0. The number of carbonyl (C=O) groups excluding carboxylic acids is 2. The first kappa shape index (κ1) is 25.3. The van der Waals surface area contributed by atoms with Gasteiger partial charge in [0.2, 0.25) is 11.8 Å². The molecule has 0 aromatic heterocycles. The van der Waals surface area contributed by atoms with Crippen molar-refractivity contribution in [3.63, 3.8) is 0 Å². The molecule has 33 heavy (non-hydrogen) atoms. The number of nitrogens with two attached hydrogens (primary N) is 1. The molecule has 1 aliphatic carbocycles. The molecule has 1 saturated carbocycles. The van der Waals surface area contributed by atoms with Crippen molar-refractivity contribution in [2.45, 2.75) is 69.3 Å². The number of halogens is 6. The van der Waals surface area contributed by atoms with Crippen LogP contribution in [-0.4, -0.2) is 35.3 Å². The first-order chi connectivity index (χ1) is 15.3. The van der Waals surface area contributed by atoms with E-state index < -0.39 is 40.6 Å². The number of piperidine rings is 1. The molecule has 184 valence electrons. The maximum Gasteiger partial charge on any atom is 0.416 e. The number of nitrogens with zero attached hydrogens (tertiary/aromatic N) is 1. The van der Waals surface area contributed by atoms with Crippen LogP contribution in [0, 0.1) is 5.92 Å². The lowest BCUT2D eigenvalue weighted by Crippen LogP contribution is -2.57. The molecule has 0 spiro atoms. The van der Waals surface area contributed by atoms with Crippen LogP contribution in [0.4, 0.5) is 32.0 Å². The summed E-state index contributed by atoms with van der Waals surface area (Å²) in [6.45, 7) is 0.828. The second-order valence-corrected chi connectivity index (χ2v) is 9.00. The molecule has 11 heteroatoms. The van der Waals surface area contributed by atoms with Crippen molar-refractivity contribution in [2.75, 3.05) is 18.4 Å². The Labute approximate surface area is 187 Å². The summed E-state index contributed by atoms with van der Waals surface area (Å²) >= 11 is 0. The van der Waals surface area contributed by atoms with E-state index in [9.17, 15) is 35.9 Å². The molecule has 5 nitrogen and oxygen atoms in total. The van der Waals surface area contributed by atoms with E-state index in [-0.39, 0.29) is 24.3 Å². The maximum atomic E-state index is 13.0. The normalized spacial score (nSPS) is 19.9. The van der Waals surface area contributed by atoms with E-state index >= 15 is 0 Å². The summed E-state index contributed by atoms with van der Waals surface area (Å²) in [4.78, 5) is 26.8. The van der Waals surface area contributed by atoms with Crippen LogP contribution in [0.15, 0.2) is 18.2 Å². The number of anilines is 1. The Morgan fingerprint density at radius 2 is 1.45 bits per heavy atom. The zero-order valence-corrected chi connectivity index (χ0v) is 18.0. The van der Waals surface area contributed by atoms with Crippen LogP contribution >= 0.6 is 0 Å². The molecule has 1 heterocycles. The Morgan fingerprint density at radius 3 is 1.94 bits per heavy atom. The van der Waals surface area contributed by atoms with Crippen molar-refractivity contribution < 1.29 is 35.9 Å². The summed E-state index contributed by atoms with van der Waals surface area (Å²) in [5, 5.41) is 2.17. The first-order valence-corrected chi connectivity index (χ1v) is 11.0. The van der Waals surface area contributed by atoms with Gasteiger partial charge in [0.15, 0.2) is 0 Å². The van der Waals surface area contributed by atoms with Crippen LogP contribution in [0.1, 0.15) is 62.5 Å². The summed E-state index contributed by atoms with van der Waals surface area (Å²) in [6.07, 6.45) is -4.87. The number of alkyl halides is 6. The van der Waals surface area contributed by atoms with Crippen molar-refractivity contribution in [3.05, 3.63) is 29.3 Å². The smallest absolute Gasteiger partial charge is 0.341 e. The van der Waals surface area contributed by atoms with Crippen LogP contribution in [-0.2, 0) is 21.9 Å². The lowest BCUT2D eigenvalue weighted by atomic mass is 9.80. The number of hydrogen-bond acceptors (Lipinski definition) is 3. The molecule has 0 atom stereocenters. The summed E-state index contributed by atoms with van der Waals surface area (Å²) in [5.74, 6) is -0.898. The van der Waals surface area contributed by atoms with Crippen LogP contribution in [0.3, 0.4) is 0 Å². The standard InChI is InChI=1S/C22H27F6N3O2/c23-21(24,25)15-11-16(22(26,27)28)13-17(12-15)30-18(32)10-14-4-8-31(9-5-14)19(33)20(29)6-2-1-3-7-20/h11-14H,1-10,29H2,(H,30,32). The third-order valence-corrected chi connectivity index (χ3v) is 6.42. The van der Waals surface area contributed by atoms with Crippen molar-refractivity contribution in [3.8, 4) is 0 Å². The van der Waals surface area contributed by atoms with Gasteiger partial charge in [0.1, 0.15) is 0 Å². The van der Waals surface area contributed by atoms with Gasteiger partial charge < -0.3 is 16.0 Å². The van der Waals surface area contributed by atoms with Gasteiger partial charge in [-0.3, -0.25) is 9.59 Å². The summed E-state index contributed by atoms with van der Waals surface area (Å²) < 4.78 is 77.9. The van der Waals surface area contributed by atoms with E-state index in [1.165, 1.54) is 0 Å². The average Bonchev–Trinajstić information content (AvgIpc) is 2.73. The molecule has 0 bridgehead atoms. The van der Waals surface area contributed by atoms with E-state index in [4.69, 9.17) is 5.73 Å². The first-order valence-electron chi connectivity index (χ1n) is 11.0. The highest BCUT2D eigenvalue weighted by molar-refractivity contribution is 5.91. The molecular weight excluding hydrogens is 452 g/mol. The topological polar surface area (TPSA) is 75.4 Å². The van der Waals surface area contributed by atoms with E-state index in [1.54, 1.807) is 4.90 Å². The summed E-state index contributed by atoms with van der Waals surface area (Å²) in [5.41, 5.74) is 1.93. The molecule has 0 radical (unpaired) electrons. The van der Waals surface area contributed by atoms with Gasteiger partial charge in [-0.05, 0) is 49.8 Å². The minimum atomic E-state index is -4.99. The van der Waals surface area contributed by atoms with E-state index in [2.05, 4.69) is 5.32 Å². The second-order valence-electron chi connectivity index (χ2n) is 9.00. The minimum Gasteiger partial charge on any atom is -0.341 e. The maximum absolute atomic E-state index is 13.0. The lowest BCUT2D eigenvalue weighted by Gasteiger charge is -2.40. The molecule has 0 unspecified atom stereocenters. The predicted octanol–water partition coefficient (Wildman–Crippen LogP) is 4.95. The zero-order valence-electron chi connectivity index (χ0n) is 18.0. The van der Waals surface area contributed by atoms with Crippen molar-refractivity contribution in [1.82, 2.24) is 4.90 Å². The second kappa shape index (κ2) is 9.52. The molecule has 3 N–H and O–H groups in total. The fourth-order valence-corrected chi connectivity index (χ4v) is 4.55. The molecule has 1 aliphatic heterocycles. The highest BCUT2D eigenvalue weighted by Crippen LogP contribution is 2.38. The molecule has 1 aromatic carbocycles. The monoisotopic (exact) mass is 479 g/mol. The van der Waals surface area contributed by atoms with Gasteiger partial charge >= 0.3 is 12.4 Å². The van der Waals surface area contributed by atoms with Gasteiger partial charge in [-0.1, -0.05) is 19.3 Å². The fourth-order valence-electron chi connectivity index (χ4n) is 4.55. The Morgan fingerprint density at radius 1 is 0.939 bits per heavy atom. The zero-order chi connectivity index (χ0) is 24.4. The number of nitrogens with one attached hydrogen (secondary N) is 1. The molecule has 2 fully saturated rings. The Balaban J connectivity index is 1.58. The van der Waals surface area contributed by atoms with E-state index in [1.807, 2.05) is 0 Å². The molecule has 2 amide bonds. The van der Waals surface area contributed by atoms with Gasteiger partial charge in [0, 0.05) is 25.2 Å². The molecule has 1 aromatic rings. The van der Waals surface area contributed by atoms with Gasteiger partial charge in [0.05, 0.1) is 16.7 Å². The summed E-state index contributed by atoms with van der Waals surface area (Å²) in [6, 6.07) is 0.984. The lowest BCUT2D eigenvalue weighted by molar-refractivity contribution is -0.143. The highest BCUT2D eigenvalue weighted by atomic mass is 19.4. The number of rotatable bonds is 4. The van der Waals surface area contributed by atoms with Gasteiger partial charge in [-0.15, -0.1) is 0 Å². The van der Waals surface area contributed by atoms with Gasteiger partial charge in [0.25, 0.3) is 0 Å². The third kappa shape index (κ3) is 6.39. The Kier molecular flexibility index (Phi) is 7.30. The van der Waals surface area contributed by atoms with Crippen molar-refractivity contribution >= 4 is 17.5 Å². The fraction of sp³-hybridized carbons (Fsp3) is 0.636. The minimum absolute atomic E-state index is 0.0128. The predicted molar refractivity (Wildman–Crippen MR) is 109 cm³/mol. The van der Waals surface area contributed by atoms with Gasteiger partial charge in [-0.2, -0.15) is 26.3 Å². The van der Waals surface area contributed by atoms with Gasteiger partial charge in [-0.25, -0.2) is 0 Å². The number of amides is 2. The molecular formula is C22H27F6N3O2. The van der Waals surface area contributed by atoms with E-state index in [0.717, 1.165) is 19.3 Å². The molecule has 2 aliphatic rings. The Hall–Kier alpha value is -2.30. The third-order valence-electron chi connectivity index (χ3n) is 6.42. The quantitative estimate of drug-likeness (QED) is 0.600. The van der Waals surface area contributed by atoms with Crippen LogP contribution in [0.5, 0.6) is 0 Å². The Bertz CT molecular complexity index is 838. The SMILES string of the molecule is NC1(C(=O)N2CCC(CC(=O)Nc3cc(C(F)(F)F)cc(C(F)(F)F)c3)CC2)CCCCC1. The largest absolute Gasteiger partial charge is 0.416 e. The number of benzene rings is 1. The van der Waals surface area contributed by atoms with Crippen LogP contribution in [0.2, 0.25) is 0 Å². The number of carbonyl (C=O) groups is 2. The van der Waals surface area contributed by atoms with E-state index in [0.29, 0.717) is 50.9 Å². The van der Waals surface area contributed by atoms with Crippen molar-refractivity contribution in [1.29, 1.82) is 0 Å². The van der Waals surface area contributed by atoms with Crippen molar-refractivity contribution in [2.24, 2.45) is 11.7 Å². The molecule has 3 rings (SSSR count). The van der Waals surface area contributed by atoms with Crippen LogP contribution < -0.4 is 11.1 Å². The molecule has 1 saturated heterocycles. The highest BCUT2D eigenvalue weighted by Gasteiger charge is 2.40.